The summed E-state index contributed by atoms with van der Waals surface area (Å²) in [6.07, 6.45) is 7.14. The molecule has 0 saturated heterocycles. The summed E-state index contributed by atoms with van der Waals surface area (Å²) in [5.41, 5.74) is 3.09. The number of thiophene rings is 1. The van der Waals surface area contributed by atoms with Crippen molar-refractivity contribution in [3.05, 3.63) is 59.3 Å². The third-order valence-electron chi connectivity index (χ3n) is 3.91. The number of nitrogens with one attached hydrogen (secondary N) is 1. The molecule has 4 aromatic heterocycles. The van der Waals surface area contributed by atoms with Crippen LogP contribution in [0.5, 0.6) is 0 Å². The van der Waals surface area contributed by atoms with Crippen LogP contribution >= 0.6 is 11.3 Å². The lowest BCUT2D eigenvalue weighted by molar-refractivity contribution is 0.673. The molecule has 0 aliphatic rings. The van der Waals surface area contributed by atoms with Crippen molar-refractivity contribution in [1.29, 1.82) is 0 Å². The molecule has 0 spiro atoms. The molecule has 0 aliphatic heterocycles. The van der Waals surface area contributed by atoms with Crippen LogP contribution in [0.15, 0.2) is 43.1 Å². The summed E-state index contributed by atoms with van der Waals surface area (Å²) in [6.45, 7) is 4.85. The van der Waals surface area contributed by atoms with Crippen molar-refractivity contribution < 1.29 is 0 Å². The van der Waals surface area contributed by atoms with E-state index in [2.05, 4.69) is 39.2 Å². The van der Waals surface area contributed by atoms with Gasteiger partial charge in [0.25, 0.3) is 0 Å². The average molecular weight is 336 g/mol. The quantitative estimate of drug-likeness (QED) is 0.615. The maximum Gasteiger partial charge on any atom is 0.142 e. The lowest BCUT2D eigenvalue weighted by Crippen LogP contribution is -2.01. The first-order valence-corrected chi connectivity index (χ1v) is 8.42. The monoisotopic (exact) mass is 336 g/mol. The van der Waals surface area contributed by atoms with Gasteiger partial charge in [-0.25, -0.2) is 9.97 Å². The van der Waals surface area contributed by atoms with Crippen LogP contribution in [0.4, 0.5) is 11.5 Å². The molecule has 7 heteroatoms. The van der Waals surface area contributed by atoms with E-state index in [-0.39, 0.29) is 0 Å². The minimum atomic E-state index is 0.637. The van der Waals surface area contributed by atoms with Crippen LogP contribution in [0, 0.1) is 13.8 Å². The van der Waals surface area contributed by atoms with E-state index in [4.69, 9.17) is 0 Å². The molecular weight excluding hydrogens is 320 g/mol. The Labute approximate surface area is 143 Å². The number of rotatable bonds is 4. The highest BCUT2D eigenvalue weighted by atomic mass is 32.1. The SMILES string of the molecule is Cc1sc2ncnc(Nc3cnn(Cc4ccccn4)c3)c2c1C. The molecule has 1 N–H and O–H groups in total. The van der Waals surface area contributed by atoms with E-state index in [0.717, 1.165) is 27.4 Å². The van der Waals surface area contributed by atoms with Gasteiger partial charge in [0, 0.05) is 17.3 Å². The van der Waals surface area contributed by atoms with Gasteiger partial charge in [0.2, 0.25) is 0 Å². The third-order valence-corrected chi connectivity index (χ3v) is 5.03. The number of pyridine rings is 1. The smallest absolute Gasteiger partial charge is 0.142 e. The zero-order chi connectivity index (χ0) is 16.5. The van der Waals surface area contributed by atoms with E-state index >= 15 is 0 Å². The van der Waals surface area contributed by atoms with Crippen LogP contribution in [0.25, 0.3) is 10.2 Å². The molecule has 0 atom stereocenters. The summed E-state index contributed by atoms with van der Waals surface area (Å²) in [5, 5.41) is 8.83. The second-order valence-corrected chi connectivity index (χ2v) is 6.76. The topological polar surface area (TPSA) is 68.5 Å². The Morgan fingerprint density at radius 3 is 2.92 bits per heavy atom. The predicted octanol–water partition coefficient (Wildman–Crippen LogP) is 3.69. The summed E-state index contributed by atoms with van der Waals surface area (Å²) in [6, 6.07) is 5.87. The molecule has 120 valence electrons. The molecule has 4 rings (SSSR count). The minimum absolute atomic E-state index is 0.637. The van der Waals surface area contributed by atoms with Gasteiger partial charge in [0.1, 0.15) is 17.0 Å². The van der Waals surface area contributed by atoms with Gasteiger partial charge in [-0.15, -0.1) is 11.3 Å². The molecular formula is C17H16N6S. The predicted molar refractivity (Wildman–Crippen MR) is 95.7 cm³/mol. The normalized spacial score (nSPS) is 11.1. The molecule has 0 saturated carbocycles. The molecule has 0 amide bonds. The van der Waals surface area contributed by atoms with Gasteiger partial charge in [0.15, 0.2) is 0 Å². The Hall–Kier alpha value is -2.80. The fraction of sp³-hybridized carbons (Fsp3) is 0.176. The molecule has 0 aliphatic carbocycles. The summed E-state index contributed by atoms with van der Waals surface area (Å²) in [4.78, 5) is 15.4. The first kappa shape index (κ1) is 14.8. The van der Waals surface area contributed by atoms with E-state index < -0.39 is 0 Å². The summed E-state index contributed by atoms with van der Waals surface area (Å²) >= 11 is 1.69. The first-order valence-electron chi connectivity index (χ1n) is 7.61. The molecule has 24 heavy (non-hydrogen) atoms. The van der Waals surface area contributed by atoms with Gasteiger partial charge in [-0.1, -0.05) is 6.07 Å². The number of nitrogens with zero attached hydrogens (tertiary/aromatic N) is 5. The Bertz CT molecular complexity index is 989. The highest BCUT2D eigenvalue weighted by Gasteiger charge is 2.12. The van der Waals surface area contributed by atoms with Crippen LogP contribution < -0.4 is 5.32 Å². The van der Waals surface area contributed by atoms with Crippen molar-refractivity contribution in [3.63, 3.8) is 0 Å². The van der Waals surface area contributed by atoms with Crippen molar-refractivity contribution in [2.45, 2.75) is 20.4 Å². The van der Waals surface area contributed by atoms with E-state index in [9.17, 15) is 0 Å². The number of hydrogen-bond donors (Lipinski definition) is 1. The van der Waals surface area contributed by atoms with Gasteiger partial charge in [-0.2, -0.15) is 5.10 Å². The Balaban J connectivity index is 1.60. The zero-order valence-corrected chi connectivity index (χ0v) is 14.2. The number of anilines is 2. The van der Waals surface area contributed by atoms with Crippen LogP contribution in [0.1, 0.15) is 16.1 Å². The Morgan fingerprint density at radius 1 is 1.17 bits per heavy atom. The van der Waals surface area contributed by atoms with Crippen molar-refractivity contribution in [2.75, 3.05) is 5.32 Å². The highest BCUT2D eigenvalue weighted by molar-refractivity contribution is 7.18. The summed E-state index contributed by atoms with van der Waals surface area (Å²) in [5.74, 6) is 0.819. The largest absolute Gasteiger partial charge is 0.337 e. The molecule has 4 aromatic rings. The van der Waals surface area contributed by atoms with Crippen LogP contribution in [-0.2, 0) is 6.54 Å². The van der Waals surface area contributed by atoms with Gasteiger partial charge in [0.05, 0.1) is 29.5 Å². The fourth-order valence-electron chi connectivity index (χ4n) is 2.59. The van der Waals surface area contributed by atoms with E-state index in [1.807, 2.05) is 29.1 Å². The Kier molecular flexibility index (Phi) is 3.70. The van der Waals surface area contributed by atoms with E-state index in [1.165, 1.54) is 10.4 Å². The second kappa shape index (κ2) is 6.01. The first-order chi connectivity index (χ1) is 11.7. The average Bonchev–Trinajstić information content (AvgIpc) is 3.14. The standard InChI is InChI=1S/C17H16N6S/c1-11-12(2)24-17-15(11)16(19-10-20-17)22-14-7-21-23(9-14)8-13-5-3-4-6-18-13/h3-7,9-10H,8H2,1-2H3,(H,19,20,22). The van der Waals surface area contributed by atoms with Crippen molar-refractivity contribution >= 4 is 33.1 Å². The highest BCUT2D eigenvalue weighted by Crippen LogP contribution is 2.33. The van der Waals surface area contributed by atoms with E-state index in [0.29, 0.717) is 6.54 Å². The van der Waals surface area contributed by atoms with Crippen LogP contribution in [0.2, 0.25) is 0 Å². The van der Waals surface area contributed by atoms with Gasteiger partial charge in [-0.3, -0.25) is 9.67 Å². The minimum Gasteiger partial charge on any atom is -0.337 e. The van der Waals surface area contributed by atoms with Crippen LogP contribution in [-0.4, -0.2) is 24.7 Å². The maximum atomic E-state index is 4.40. The van der Waals surface area contributed by atoms with E-state index in [1.54, 1.807) is 30.1 Å². The number of fused-ring (bicyclic) bond motifs is 1. The number of aryl methyl sites for hydroxylation is 2. The summed E-state index contributed by atoms with van der Waals surface area (Å²) in [7, 11) is 0. The third kappa shape index (κ3) is 2.74. The molecule has 0 unspecified atom stereocenters. The van der Waals surface area contributed by atoms with Crippen molar-refractivity contribution in [3.8, 4) is 0 Å². The fourth-order valence-corrected chi connectivity index (χ4v) is 3.58. The van der Waals surface area contributed by atoms with Crippen molar-refractivity contribution in [1.82, 2.24) is 24.7 Å². The van der Waals surface area contributed by atoms with Gasteiger partial charge < -0.3 is 5.32 Å². The molecule has 0 radical (unpaired) electrons. The summed E-state index contributed by atoms with van der Waals surface area (Å²) < 4.78 is 1.86. The number of hydrogen-bond acceptors (Lipinski definition) is 6. The lowest BCUT2D eigenvalue weighted by Gasteiger charge is -2.04. The molecule has 0 aromatic carbocycles. The second-order valence-electron chi connectivity index (χ2n) is 5.56. The van der Waals surface area contributed by atoms with Crippen molar-refractivity contribution in [2.24, 2.45) is 0 Å². The Morgan fingerprint density at radius 2 is 2.08 bits per heavy atom. The molecule has 6 nitrogen and oxygen atoms in total. The lowest BCUT2D eigenvalue weighted by atomic mass is 10.2. The molecule has 0 bridgehead atoms. The molecule has 4 heterocycles. The molecule has 0 fully saturated rings. The maximum absolute atomic E-state index is 4.40. The zero-order valence-electron chi connectivity index (χ0n) is 13.4. The number of aromatic nitrogens is 5. The van der Waals surface area contributed by atoms with Gasteiger partial charge in [-0.05, 0) is 31.5 Å². The van der Waals surface area contributed by atoms with Crippen LogP contribution in [0.3, 0.4) is 0 Å². The van der Waals surface area contributed by atoms with Gasteiger partial charge >= 0.3 is 0 Å².